The highest BCUT2D eigenvalue weighted by molar-refractivity contribution is 6.06. The van der Waals surface area contributed by atoms with Crippen molar-refractivity contribution in [2.75, 3.05) is 13.1 Å². The Bertz CT molecular complexity index is 1120. The van der Waals surface area contributed by atoms with Crippen LogP contribution in [0.3, 0.4) is 0 Å². The summed E-state index contributed by atoms with van der Waals surface area (Å²) in [6.45, 7) is 12.6. The van der Waals surface area contributed by atoms with E-state index >= 15 is 0 Å². The molecule has 1 N–H and O–H groups in total. The van der Waals surface area contributed by atoms with Crippen molar-refractivity contribution in [2.45, 2.75) is 41.2 Å². The van der Waals surface area contributed by atoms with Crippen LogP contribution in [0.4, 0.5) is 0 Å². The van der Waals surface area contributed by atoms with Gasteiger partial charge in [0.1, 0.15) is 5.70 Å². The average Bonchev–Trinajstić information content (AvgIpc) is 3.15. The highest BCUT2D eigenvalue weighted by Crippen LogP contribution is 2.24. The Morgan fingerprint density at radius 2 is 1.55 bits per heavy atom. The first-order valence-electron chi connectivity index (χ1n) is 11.7. The van der Waals surface area contributed by atoms with Crippen molar-refractivity contribution < 1.29 is 9.59 Å². The number of fused-ring (bicyclic) bond motifs is 1. The van der Waals surface area contributed by atoms with Crippen LogP contribution in [0.25, 0.3) is 17.0 Å². The van der Waals surface area contributed by atoms with E-state index < -0.39 is 0 Å². The molecule has 33 heavy (non-hydrogen) atoms. The molecule has 1 heterocycles. The van der Waals surface area contributed by atoms with E-state index in [0.29, 0.717) is 36.2 Å². The molecule has 0 fully saturated rings. The first-order chi connectivity index (χ1) is 15.8. The molecule has 3 rings (SSSR count). The van der Waals surface area contributed by atoms with Crippen molar-refractivity contribution >= 4 is 28.8 Å². The fraction of sp³-hybridized carbons (Fsp3) is 0.357. The zero-order valence-corrected chi connectivity index (χ0v) is 20.3. The molecule has 5 nitrogen and oxygen atoms in total. The molecule has 0 atom stereocenters. The molecular weight excluding hydrogens is 410 g/mol. The van der Waals surface area contributed by atoms with Crippen LogP contribution in [0.2, 0.25) is 0 Å². The standard InChI is InChI=1S/C28H35N3O2/c1-6-30-19-23(24-14-10-11-15-26(24)30)16-25(29-27(32)22-12-8-7-9-13-22)28(33)31(17-20(2)3)18-21(4)5/h7-16,19-21H,6,17-18H2,1-5H3,(H,29,32). The molecule has 3 aromatic rings. The van der Waals surface area contributed by atoms with E-state index in [0.717, 1.165) is 23.0 Å². The number of nitrogens with one attached hydrogen (secondary N) is 1. The van der Waals surface area contributed by atoms with Gasteiger partial charge in [0.15, 0.2) is 0 Å². The minimum atomic E-state index is -0.288. The summed E-state index contributed by atoms with van der Waals surface area (Å²) in [6.07, 6.45) is 3.87. The molecule has 0 spiro atoms. The topological polar surface area (TPSA) is 54.3 Å². The van der Waals surface area contributed by atoms with Crippen LogP contribution >= 0.6 is 0 Å². The number of aryl methyl sites for hydroxylation is 1. The van der Waals surface area contributed by atoms with Gasteiger partial charge in [-0.2, -0.15) is 0 Å². The van der Waals surface area contributed by atoms with Crippen molar-refractivity contribution in [3.05, 3.63) is 77.6 Å². The van der Waals surface area contributed by atoms with E-state index in [1.165, 1.54) is 0 Å². The zero-order chi connectivity index (χ0) is 24.0. The van der Waals surface area contributed by atoms with E-state index in [9.17, 15) is 9.59 Å². The smallest absolute Gasteiger partial charge is 0.270 e. The van der Waals surface area contributed by atoms with Gasteiger partial charge in [0.25, 0.3) is 11.8 Å². The number of rotatable bonds is 9. The first-order valence-corrected chi connectivity index (χ1v) is 11.7. The van der Waals surface area contributed by atoms with E-state index in [1.54, 1.807) is 12.1 Å². The molecule has 2 amide bonds. The number of nitrogens with zero attached hydrogens (tertiary/aromatic N) is 2. The highest BCUT2D eigenvalue weighted by Gasteiger charge is 2.23. The van der Waals surface area contributed by atoms with E-state index in [2.05, 4.69) is 56.6 Å². The largest absolute Gasteiger partial charge is 0.347 e. The summed E-state index contributed by atoms with van der Waals surface area (Å²) in [7, 11) is 0. The van der Waals surface area contributed by atoms with Crippen molar-refractivity contribution in [2.24, 2.45) is 11.8 Å². The fourth-order valence-corrected chi connectivity index (χ4v) is 4.03. The Kier molecular flexibility index (Phi) is 8.10. The normalized spacial score (nSPS) is 11.9. The molecule has 0 radical (unpaired) electrons. The van der Waals surface area contributed by atoms with Gasteiger partial charge < -0.3 is 14.8 Å². The number of hydrogen-bond donors (Lipinski definition) is 1. The number of carbonyl (C=O) groups is 2. The Labute approximate surface area is 197 Å². The molecular formula is C28H35N3O2. The summed E-state index contributed by atoms with van der Waals surface area (Å²) in [4.78, 5) is 28.6. The number of benzene rings is 2. The molecule has 5 heteroatoms. The molecule has 0 aliphatic heterocycles. The lowest BCUT2D eigenvalue weighted by Gasteiger charge is -2.27. The predicted molar refractivity (Wildman–Crippen MR) is 136 cm³/mol. The number of aromatic nitrogens is 1. The third-order valence-corrected chi connectivity index (χ3v) is 5.43. The number of para-hydroxylation sites is 1. The van der Waals surface area contributed by atoms with E-state index in [1.807, 2.05) is 47.5 Å². The second-order valence-corrected chi connectivity index (χ2v) is 9.26. The maximum Gasteiger partial charge on any atom is 0.270 e. The summed E-state index contributed by atoms with van der Waals surface area (Å²) in [6, 6.07) is 17.1. The number of hydrogen-bond acceptors (Lipinski definition) is 2. The third-order valence-electron chi connectivity index (χ3n) is 5.43. The minimum Gasteiger partial charge on any atom is -0.347 e. The Hall–Kier alpha value is -3.34. The van der Waals surface area contributed by atoms with Gasteiger partial charge in [-0.3, -0.25) is 9.59 Å². The van der Waals surface area contributed by atoms with Crippen molar-refractivity contribution in [1.82, 2.24) is 14.8 Å². The van der Waals surface area contributed by atoms with Gasteiger partial charge in [-0.15, -0.1) is 0 Å². The molecule has 0 saturated heterocycles. The molecule has 0 aliphatic rings. The van der Waals surface area contributed by atoms with Crippen LogP contribution in [0.5, 0.6) is 0 Å². The van der Waals surface area contributed by atoms with E-state index in [4.69, 9.17) is 0 Å². The zero-order valence-electron chi connectivity index (χ0n) is 20.3. The Balaban J connectivity index is 2.06. The molecule has 0 aliphatic carbocycles. The summed E-state index contributed by atoms with van der Waals surface area (Å²) in [5.41, 5.74) is 2.84. The summed E-state index contributed by atoms with van der Waals surface area (Å²) >= 11 is 0. The van der Waals surface area contributed by atoms with Crippen LogP contribution in [0.15, 0.2) is 66.5 Å². The molecule has 1 aromatic heterocycles. The third kappa shape index (κ3) is 6.13. The average molecular weight is 446 g/mol. The second-order valence-electron chi connectivity index (χ2n) is 9.26. The van der Waals surface area contributed by atoms with Gasteiger partial charge in [0.2, 0.25) is 0 Å². The van der Waals surface area contributed by atoms with Crippen LogP contribution in [0, 0.1) is 11.8 Å². The lowest BCUT2D eigenvalue weighted by molar-refractivity contribution is -0.128. The van der Waals surface area contributed by atoms with Gasteiger partial charge in [-0.1, -0.05) is 64.1 Å². The lowest BCUT2D eigenvalue weighted by atomic mass is 10.1. The van der Waals surface area contributed by atoms with Gasteiger partial charge in [-0.05, 0) is 43.0 Å². The van der Waals surface area contributed by atoms with Crippen molar-refractivity contribution in [3.8, 4) is 0 Å². The van der Waals surface area contributed by atoms with Crippen LogP contribution < -0.4 is 5.32 Å². The van der Waals surface area contributed by atoms with Crippen LogP contribution in [-0.4, -0.2) is 34.4 Å². The van der Waals surface area contributed by atoms with Gasteiger partial charge in [-0.25, -0.2) is 0 Å². The Morgan fingerprint density at radius 3 is 2.15 bits per heavy atom. The van der Waals surface area contributed by atoms with Gasteiger partial charge in [0, 0.05) is 47.9 Å². The fourth-order valence-electron chi connectivity index (χ4n) is 4.03. The molecule has 2 aromatic carbocycles. The lowest BCUT2D eigenvalue weighted by Crippen LogP contribution is -2.42. The summed E-state index contributed by atoms with van der Waals surface area (Å²) in [5.74, 6) is 0.194. The summed E-state index contributed by atoms with van der Waals surface area (Å²) in [5, 5.41) is 3.98. The summed E-state index contributed by atoms with van der Waals surface area (Å²) < 4.78 is 2.16. The number of carbonyl (C=O) groups excluding carboxylic acids is 2. The van der Waals surface area contributed by atoms with Crippen molar-refractivity contribution in [1.29, 1.82) is 0 Å². The maximum absolute atomic E-state index is 13.7. The molecule has 0 saturated carbocycles. The van der Waals surface area contributed by atoms with Crippen molar-refractivity contribution in [3.63, 3.8) is 0 Å². The van der Waals surface area contributed by atoms with E-state index in [-0.39, 0.29) is 11.8 Å². The maximum atomic E-state index is 13.7. The SMILES string of the molecule is CCn1cc(C=C(NC(=O)c2ccccc2)C(=O)N(CC(C)C)CC(C)C)c2ccccc21. The second kappa shape index (κ2) is 11.0. The minimum absolute atomic E-state index is 0.157. The van der Waals surface area contributed by atoms with Crippen LogP contribution in [0.1, 0.15) is 50.5 Å². The van der Waals surface area contributed by atoms with Gasteiger partial charge >= 0.3 is 0 Å². The molecule has 0 bridgehead atoms. The highest BCUT2D eigenvalue weighted by atomic mass is 16.2. The van der Waals surface area contributed by atoms with Crippen LogP contribution in [-0.2, 0) is 11.3 Å². The Morgan fingerprint density at radius 1 is 0.939 bits per heavy atom. The first kappa shape index (κ1) is 24.3. The predicted octanol–water partition coefficient (Wildman–Crippen LogP) is 5.57. The van der Waals surface area contributed by atoms with Gasteiger partial charge in [0.05, 0.1) is 0 Å². The molecule has 0 unspecified atom stereocenters. The monoisotopic (exact) mass is 445 g/mol. The molecule has 174 valence electrons. The quantitative estimate of drug-likeness (QED) is 0.438. The number of amides is 2.